The van der Waals surface area contributed by atoms with E-state index in [9.17, 15) is 5.11 Å². The smallest absolute Gasteiger partial charge is 0.126 e. The predicted molar refractivity (Wildman–Crippen MR) is 71.0 cm³/mol. The molecule has 1 aromatic carbocycles. The number of methoxy groups -OCH3 is 1. The SMILES string of the molecule is COc1cccc(Cl)c1C(O)c1cnccc1C. The number of nitrogens with zero attached hydrogens (tertiary/aromatic N) is 1. The van der Waals surface area contributed by atoms with Crippen LogP contribution in [0, 0.1) is 6.92 Å². The molecule has 2 aromatic rings. The molecule has 0 spiro atoms. The van der Waals surface area contributed by atoms with Gasteiger partial charge in [0.1, 0.15) is 11.9 Å². The Kier molecular flexibility index (Phi) is 3.84. The summed E-state index contributed by atoms with van der Waals surface area (Å²) in [6.45, 7) is 1.92. The Morgan fingerprint density at radius 1 is 1.33 bits per heavy atom. The first-order valence-corrected chi connectivity index (χ1v) is 5.94. The molecule has 1 unspecified atom stereocenters. The van der Waals surface area contributed by atoms with Crippen molar-refractivity contribution in [3.05, 3.63) is 58.4 Å². The van der Waals surface area contributed by atoms with Gasteiger partial charge in [0.25, 0.3) is 0 Å². The van der Waals surface area contributed by atoms with Gasteiger partial charge in [0.2, 0.25) is 0 Å². The maximum Gasteiger partial charge on any atom is 0.126 e. The van der Waals surface area contributed by atoms with E-state index in [0.717, 1.165) is 11.1 Å². The van der Waals surface area contributed by atoms with Crippen LogP contribution in [0.5, 0.6) is 5.75 Å². The third kappa shape index (κ3) is 2.33. The topological polar surface area (TPSA) is 42.4 Å². The van der Waals surface area contributed by atoms with Crippen LogP contribution in [0.25, 0.3) is 0 Å². The van der Waals surface area contributed by atoms with E-state index in [2.05, 4.69) is 4.98 Å². The van der Waals surface area contributed by atoms with Gasteiger partial charge >= 0.3 is 0 Å². The summed E-state index contributed by atoms with van der Waals surface area (Å²) in [6, 6.07) is 7.14. The van der Waals surface area contributed by atoms with Crippen LogP contribution in [0.3, 0.4) is 0 Å². The lowest BCUT2D eigenvalue weighted by molar-refractivity contribution is 0.213. The minimum Gasteiger partial charge on any atom is -0.496 e. The van der Waals surface area contributed by atoms with Crippen LogP contribution in [-0.2, 0) is 0 Å². The summed E-state index contributed by atoms with van der Waals surface area (Å²) in [6.07, 6.45) is 2.49. The summed E-state index contributed by atoms with van der Waals surface area (Å²) in [5, 5.41) is 10.9. The van der Waals surface area contributed by atoms with Gasteiger partial charge in [-0.1, -0.05) is 17.7 Å². The first-order valence-electron chi connectivity index (χ1n) is 5.56. The van der Waals surface area contributed by atoms with Gasteiger partial charge in [0, 0.05) is 23.5 Å². The minimum atomic E-state index is -0.845. The van der Waals surface area contributed by atoms with Gasteiger partial charge in [-0.2, -0.15) is 0 Å². The number of pyridine rings is 1. The maximum atomic E-state index is 10.5. The molecule has 3 nitrogen and oxygen atoms in total. The number of benzene rings is 1. The third-order valence-corrected chi connectivity index (χ3v) is 3.21. The lowest BCUT2D eigenvalue weighted by Gasteiger charge is -2.17. The molecule has 0 aliphatic carbocycles. The molecule has 1 aromatic heterocycles. The van der Waals surface area contributed by atoms with E-state index in [1.807, 2.05) is 13.0 Å². The molecule has 0 bridgehead atoms. The van der Waals surface area contributed by atoms with Crippen molar-refractivity contribution in [1.29, 1.82) is 0 Å². The number of ether oxygens (including phenoxy) is 1. The quantitative estimate of drug-likeness (QED) is 0.925. The maximum absolute atomic E-state index is 10.5. The zero-order valence-corrected chi connectivity index (χ0v) is 11.0. The molecule has 0 aliphatic heterocycles. The third-order valence-electron chi connectivity index (χ3n) is 2.88. The first kappa shape index (κ1) is 12.9. The van der Waals surface area contributed by atoms with Crippen LogP contribution in [0.1, 0.15) is 22.8 Å². The fourth-order valence-electron chi connectivity index (χ4n) is 1.88. The molecule has 0 aliphatic rings. The molecule has 1 heterocycles. The largest absolute Gasteiger partial charge is 0.496 e. The molecule has 4 heteroatoms. The second kappa shape index (κ2) is 5.38. The van der Waals surface area contributed by atoms with Crippen LogP contribution >= 0.6 is 11.6 Å². The summed E-state index contributed by atoms with van der Waals surface area (Å²) >= 11 is 6.14. The highest BCUT2D eigenvalue weighted by Crippen LogP contribution is 2.36. The van der Waals surface area contributed by atoms with Crippen molar-refractivity contribution in [2.24, 2.45) is 0 Å². The summed E-state index contributed by atoms with van der Waals surface area (Å²) in [5.41, 5.74) is 2.25. The Morgan fingerprint density at radius 3 is 2.78 bits per heavy atom. The second-order valence-electron chi connectivity index (χ2n) is 3.99. The molecule has 94 valence electrons. The van der Waals surface area contributed by atoms with Crippen molar-refractivity contribution in [2.75, 3.05) is 7.11 Å². The van der Waals surface area contributed by atoms with Crippen molar-refractivity contribution in [3.8, 4) is 5.75 Å². The van der Waals surface area contributed by atoms with Gasteiger partial charge in [-0.15, -0.1) is 0 Å². The van der Waals surface area contributed by atoms with E-state index in [1.165, 1.54) is 0 Å². The Balaban J connectivity index is 2.52. The molecule has 1 atom stereocenters. The molecule has 0 radical (unpaired) electrons. The fourth-order valence-corrected chi connectivity index (χ4v) is 2.15. The molecule has 0 saturated heterocycles. The highest BCUT2D eigenvalue weighted by molar-refractivity contribution is 6.31. The molecule has 1 N–H and O–H groups in total. The normalized spacial score (nSPS) is 12.2. The number of aryl methyl sites for hydroxylation is 1. The fraction of sp³-hybridized carbons (Fsp3) is 0.214. The van der Waals surface area contributed by atoms with E-state index in [0.29, 0.717) is 16.3 Å². The monoisotopic (exact) mass is 263 g/mol. The molecule has 0 saturated carbocycles. The number of aromatic nitrogens is 1. The van der Waals surface area contributed by atoms with Gasteiger partial charge in [-0.3, -0.25) is 4.98 Å². The van der Waals surface area contributed by atoms with Crippen LogP contribution in [0.4, 0.5) is 0 Å². The Hall–Kier alpha value is -1.58. The highest BCUT2D eigenvalue weighted by Gasteiger charge is 2.20. The van der Waals surface area contributed by atoms with Crippen LogP contribution < -0.4 is 4.74 Å². The van der Waals surface area contributed by atoms with Crippen molar-refractivity contribution in [2.45, 2.75) is 13.0 Å². The summed E-state index contributed by atoms with van der Waals surface area (Å²) < 4.78 is 5.24. The van der Waals surface area contributed by atoms with E-state index in [4.69, 9.17) is 16.3 Å². The minimum absolute atomic E-state index is 0.477. The highest BCUT2D eigenvalue weighted by atomic mass is 35.5. The Bertz CT molecular complexity index is 557. The molecule has 18 heavy (non-hydrogen) atoms. The van der Waals surface area contributed by atoms with Crippen LogP contribution in [0.2, 0.25) is 5.02 Å². The summed E-state index contributed by atoms with van der Waals surface area (Å²) in [7, 11) is 1.55. The number of halogens is 1. The number of hydrogen-bond donors (Lipinski definition) is 1. The van der Waals surface area contributed by atoms with Crippen molar-refractivity contribution in [3.63, 3.8) is 0 Å². The van der Waals surface area contributed by atoms with Crippen molar-refractivity contribution >= 4 is 11.6 Å². The lowest BCUT2D eigenvalue weighted by atomic mass is 9.98. The standard InChI is InChI=1S/C14H14ClNO2/c1-9-6-7-16-8-10(9)14(17)13-11(15)4-3-5-12(13)18-2/h3-8,14,17H,1-2H3. The number of aliphatic hydroxyl groups excluding tert-OH is 1. The van der Waals surface area contributed by atoms with Gasteiger partial charge in [-0.05, 0) is 30.7 Å². The predicted octanol–water partition coefficient (Wildman–Crippen LogP) is 3.13. The van der Waals surface area contributed by atoms with Crippen molar-refractivity contribution < 1.29 is 9.84 Å². The molecule has 0 fully saturated rings. The second-order valence-corrected chi connectivity index (χ2v) is 4.40. The number of aliphatic hydroxyl groups is 1. The van der Waals surface area contributed by atoms with Crippen LogP contribution in [0.15, 0.2) is 36.7 Å². The van der Waals surface area contributed by atoms with Gasteiger partial charge < -0.3 is 9.84 Å². The van der Waals surface area contributed by atoms with E-state index >= 15 is 0 Å². The van der Waals surface area contributed by atoms with Gasteiger partial charge in [-0.25, -0.2) is 0 Å². The van der Waals surface area contributed by atoms with E-state index in [-0.39, 0.29) is 0 Å². The van der Waals surface area contributed by atoms with Crippen molar-refractivity contribution in [1.82, 2.24) is 4.98 Å². The molecular weight excluding hydrogens is 250 g/mol. The molecular formula is C14H14ClNO2. The molecule has 0 amide bonds. The van der Waals surface area contributed by atoms with Gasteiger partial charge in [0.15, 0.2) is 0 Å². The van der Waals surface area contributed by atoms with E-state index in [1.54, 1.807) is 37.7 Å². The van der Waals surface area contributed by atoms with Gasteiger partial charge in [0.05, 0.1) is 12.1 Å². The Labute approximate surface area is 111 Å². The average molecular weight is 264 g/mol. The number of hydrogen-bond acceptors (Lipinski definition) is 3. The first-order chi connectivity index (χ1) is 8.65. The lowest BCUT2D eigenvalue weighted by Crippen LogP contribution is -2.05. The summed E-state index contributed by atoms with van der Waals surface area (Å²) in [4.78, 5) is 4.03. The zero-order valence-electron chi connectivity index (χ0n) is 10.2. The zero-order chi connectivity index (χ0) is 13.1. The molecule has 2 rings (SSSR count). The number of rotatable bonds is 3. The summed E-state index contributed by atoms with van der Waals surface area (Å²) in [5.74, 6) is 0.568. The Morgan fingerprint density at radius 2 is 2.11 bits per heavy atom. The van der Waals surface area contributed by atoms with E-state index < -0.39 is 6.10 Å². The average Bonchev–Trinajstić information content (AvgIpc) is 2.38. The van der Waals surface area contributed by atoms with Crippen LogP contribution in [-0.4, -0.2) is 17.2 Å².